The molecule has 24 heavy (non-hydrogen) atoms. The molecule has 2 N–H and O–H groups in total. The van der Waals surface area contributed by atoms with Gasteiger partial charge in [0.15, 0.2) is 0 Å². The summed E-state index contributed by atoms with van der Waals surface area (Å²) in [7, 11) is -6.66. The van der Waals surface area contributed by atoms with Crippen LogP contribution in [0.2, 0.25) is 0 Å². The molecule has 0 aliphatic heterocycles. The molecule has 0 unspecified atom stereocenters. The Kier molecular flexibility index (Phi) is 8.28. The predicted molar refractivity (Wildman–Crippen MR) is 93.1 cm³/mol. The third kappa shape index (κ3) is 7.69. The van der Waals surface area contributed by atoms with Gasteiger partial charge in [-0.25, -0.2) is 30.7 Å². The summed E-state index contributed by atoms with van der Waals surface area (Å²) in [5.41, 5.74) is 0.900. The number of hydrogen-bond acceptors (Lipinski definition) is 4. The normalized spacial score (nSPS) is 12.5. The molecule has 0 amide bonds. The van der Waals surface area contributed by atoms with Crippen molar-refractivity contribution in [2.75, 3.05) is 18.1 Å². The van der Waals surface area contributed by atoms with E-state index in [4.69, 9.17) is 0 Å². The highest BCUT2D eigenvalue weighted by Crippen LogP contribution is 2.11. The maximum Gasteiger partial charge on any atom is 0.211 e. The maximum atomic E-state index is 14.0. The van der Waals surface area contributed by atoms with Gasteiger partial charge in [0.1, 0.15) is 5.82 Å². The van der Waals surface area contributed by atoms with Crippen molar-refractivity contribution in [1.82, 2.24) is 9.44 Å². The van der Waals surface area contributed by atoms with Crippen molar-refractivity contribution in [3.05, 3.63) is 35.1 Å². The lowest BCUT2D eigenvalue weighted by Gasteiger charge is -2.09. The molecule has 0 bridgehead atoms. The third-order valence-electron chi connectivity index (χ3n) is 3.28. The van der Waals surface area contributed by atoms with E-state index in [9.17, 15) is 21.2 Å². The van der Waals surface area contributed by atoms with Crippen molar-refractivity contribution in [1.29, 1.82) is 0 Å². The second kappa shape index (κ2) is 9.45. The van der Waals surface area contributed by atoms with Gasteiger partial charge < -0.3 is 0 Å². The quantitative estimate of drug-likeness (QED) is 0.609. The van der Waals surface area contributed by atoms with Gasteiger partial charge >= 0.3 is 0 Å². The molecule has 0 fully saturated rings. The first-order valence-corrected chi connectivity index (χ1v) is 11.2. The SMILES string of the molecule is CCCS(=O)(=O)NCCc1ccc(CNS(=O)(=O)CCC)c(F)c1. The first-order chi connectivity index (χ1) is 11.2. The monoisotopic (exact) mass is 380 g/mol. The molecule has 1 rings (SSSR count). The van der Waals surface area contributed by atoms with Crippen molar-refractivity contribution in [2.24, 2.45) is 0 Å². The van der Waals surface area contributed by atoms with Gasteiger partial charge in [0.05, 0.1) is 11.5 Å². The lowest BCUT2D eigenvalue weighted by molar-refractivity contribution is 0.573. The zero-order valence-corrected chi connectivity index (χ0v) is 15.6. The van der Waals surface area contributed by atoms with Crippen LogP contribution in [0, 0.1) is 5.82 Å². The fourth-order valence-electron chi connectivity index (χ4n) is 2.11. The van der Waals surface area contributed by atoms with Crippen molar-refractivity contribution >= 4 is 20.0 Å². The first kappa shape index (κ1) is 21.0. The Bertz CT molecular complexity index is 734. The minimum absolute atomic E-state index is 0.00457. The summed E-state index contributed by atoms with van der Waals surface area (Å²) in [4.78, 5) is 0. The molecule has 0 aromatic heterocycles. The van der Waals surface area contributed by atoms with Crippen LogP contribution in [0.3, 0.4) is 0 Å². The molecule has 0 radical (unpaired) electrons. The van der Waals surface area contributed by atoms with Crippen LogP contribution in [0.5, 0.6) is 0 Å². The number of hydrogen-bond donors (Lipinski definition) is 2. The van der Waals surface area contributed by atoms with Crippen LogP contribution in [0.1, 0.15) is 37.8 Å². The van der Waals surface area contributed by atoms with Crippen LogP contribution >= 0.6 is 0 Å². The second-order valence-electron chi connectivity index (χ2n) is 5.53. The summed E-state index contributed by atoms with van der Waals surface area (Å²) in [6.45, 7) is 3.63. The van der Waals surface area contributed by atoms with E-state index in [1.807, 2.05) is 0 Å². The molecular weight excluding hydrogens is 355 g/mol. The van der Waals surface area contributed by atoms with Gasteiger partial charge in [-0.05, 0) is 30.9 Å². The highest BCUT2D eigenvalue weighted by atomic mass is 32.2. The van der Waals surface area contributed by atoms with E-state index in [1.165, 1.54) is 12.1 Å². The van der Waals surface area contributed by atoms with Crippen LogP contribution in [0.25, 0.3) is 0 Å². The highest BCUT2D eigenvalue weighted by molar-refractivity contribution is 7.89. The highest BCUT2D eigenvalue weighted by Gasteiger charge is 2.11. The van der Waals surface area contributed by atoms with Gasteiger partial charge in [-0.2, -0.15) is 0 Å². The molecule has 6 nitrogen and oxygen atoms in total. The smallest absolute Gasteiger partial charge is 0.211 e. The second-order valence-corrected chi connectivity index (χ2v) is 9.38. The molecule has 9 heteroatoms. The first-order valence-electron chi connectivity index (χ1n) is 7.91. The molecule has 0 atom stereocenters. The maximum absolute atomic E-state index is 14.0. The topological polar surface area (TPSA) is 92.3 Å². The number of benzene rings is 1. The lowest BCUT2D eigenvalue weighted by atomic mass is 10.1. The minimum Gasteiger partial charge on any atom is -0.215 e. The Morgan fingerprint density at radius 1 is 0.958 bits per heavy atom. The number of sulfonamides is 2. The zero-order valence-electron chi connectivity index (χ0n) is 14.0. The van der Waals surface area contributed by atoms with Gasteiger partial charge in [0, 0.05) is 18.7 Å². The summed E-state index contributed by atoms with van der Waals surface area (Å²) in [6.07, 6.45) is 1.39. The molecule has 1 aromatic rings. The predicted octanol–water partition coefficient (Wildman–Crippen LogP) is 1.53. The lowest BCUT2D eigenvalue weighted by Crippen LogP contribution is -2.28. The Morgan fingerprint density at radius 3 is 2.08 bits per heavy atom. The Morgan fingerprint density at radius 2 is 1.54 bits per heavy atom. The van der Waals surface area contributed by atoms with Gasteiger partial charge in [-0.15, -0.1) is 0 Å². The van der Waals surface area contributed by atoms with Crippen LogP contribution in [-0.4, -0.2) is 34.9 Å². The molecule has 0 saturated heterocycles. The average Bonchev–Trinajstić information content (AvgIpc) is 2.46. The van der Waals surface area contributed by atoms with Crippen molar-refractivity contribution in [2.45, 2.75) is 39.7 Å². The third-order valence-corrected chi connectivity index (χ3v) is 6.40. The van der Waals surface area contributed by atoms with Crippen LogP contribution < -0.4 is 9.44 Å². The Balaban J connectivity index is 2.59. The molecule has 0 aliphatic rings. The standard InChI is InChI=1S/C15H25FN2O4S2/c1-3-9-23(19,20)17-8-7-13-5-6-14(15(16)11-13)12-18-24(21,22)10-4-2/h5-6,11,17-18H,3-4,7-10,12H2,1-2H3. The van der Waals surface area contributed by atoms with E-state index in [2.05, 4.69) is 9.44 Å². The Hall–Kier alpha value is -1.03. The molecule has 138 valence electrons. The van der Waals surface area contributed by atoms with E-state index >= 15 is 0 Å². The summed E-state index contributed by atoms with van der Waals surface area (Å²) >= 11 is 0. The molecule has 0 aliphatic carbocycles. The van der Waals surface area contributed by atoms with E-state index in [-0.39, 0.29) is 30.2 Å². The summed E-state index contributed by atoms with van der Waals surface area (Å²) in [5.74, 6) is -0.439. The number of nitrogens with one attached hydrogen (secondary N) is 2. The van der Waals surface area contributed by atoms with E-state index in [1.54, 1.807) is 19.9 Å². The van der Waals surface area contributed by atoms with Crippen molar-refractivity contribution < 1.29 is 21.2 Å². The summed E-state index contributed by atoms with van der Waals surface area (Å²) in [6, 6.07) is 4.48. The van der Waals surface area contributed by atoms with Gasteiger partial charge in [0.2, 0.25) is 20.0 Å². The summed E-state index contributed by atoms with van der Waals surface area (Å²) in [5, 5.41) is 0. The van der Waals surface area contributed by atoms with Crippen LogP contribution in [0.4, 0.5) is 4.39 Å². The molecule has 1 aromatic carbocycles. The molecule has 0 saturated carbocycles. The van der Waals surface area contributed by atoms with Gasteiger partial charge in [-0.1, -0.05) is 26.0 Å². The average molecular weight is 381 g/mol. The number of rotatable bonds is 11. The van der Waals surface area contributed by atoms with Gasteiger partial charge in [-0.3, -0.25) is 0 Å². The summed E-state index contributed by atoms with van der Waals surface area (Å²) < 4.78 is 65.0. The Labute approximate surface area is 144 Å². The van der Waals surface area contributed by atoms with Crippen molar-refractivity contribution in [3.8, 4) is 0 Å². The van der Waals surface area contributed by atoms with E-state index in [0.29, 0.717) is 24.8 Å². The number of halogens is 1. The molecule has 0 spiro atoms. The van der Waals surface area contributed by atoms with Crippen LogP contribution in [-0.2, 0) is 33.0 Å². The fourth-order valence-corrected chi connectivity index (χ4v) is 4.26. The van der Waals surface area contributed by atoms with E-state index < -0.39 is 25.9 Å². The molecular formula is C15H25FN2O4S2. The van der Waals surface area contributed by atoms with Gasteiger partial charge in [0.25, 0.3) is 0 Å². The van der Waals surface area contributed by atoms with E-state index in [0.717, 1.165) is 0 Å². The zero-order chi connectivity index (χ0) is 18.2. The fraction of sp³-hybridized carbons (Fsp3) is 0.600. The minimum atomic E-state index is -3.39. The van der Waals surface area contributed by atoms with Crippen LogP contribution in [0.15, 0.2) is 18.2 Å². The van der Waals surface area contributed by atoms with Crippen molar-refractivity contribution in [3.63, 3.8) is 0 Å². The molecule has 0 heterocycles. The largest absolute Gasteiger partial charge is 0.215 e.